The van der Waals surface area contributed by atoms with Crippen LogP contribution in [0.2, 0.25) is 0 Å². The van der Waals surface area contributed by atoms with Gasteiger partial charge in [0.05, 0.1) is 0 Å². The fraction of sp³-hybridized carbons (Fsp3) is 0. The van der Waals surface area contributed by atoms with Gasteiger partial charge >= 0.3 is 0 Å². The summed E-state index contributed by atoms with van der Waals surface area (Å²) in [5.74, 6) is 0. The minimum absolute atomic E-state index is 0.749. The van der Waals surface area contributed by atoms with Gasteiger partial charge < -0.3 is 0 Å². The molecule has 0 unspecified atom stereocenters. The highest BCUT2D eigenvalue weighted by Crippen LogP contribution is 1.62. The van der Waals surface area contributed by atoms with Gasteiger partial charge in [-0.1, -0.05) is 0 Å². The summed E-state index contributed by atoms with van der Waals surface area (Å²) in [6, 6.07) is 7.09. The maximum Gasteiger partial charge on any atom is -0.221 e. The molecule has 0 aromatic heterocycles. The van der Waals surface area contributed by atoms with Crippen LogP contribution in [-0.2, 0) is 0 Å². The maximum absolute atomic E-state index is 5.37. The Morgan fingerprint density at radius 1 is 0.750 bits per heavy atom. The fourth-order valence-electron chi connectivity index (χ4n) is 0.496. The predicted molar refractivity (Wildman–Crippen MR) is 34.6 cm³/mol. The summed E-state index contributed by atoms with van der Waals surface area (Å²) < 4.78 is 0. The molecule has 0 aliphatic carbocycles. The fourth-order valence-corrected chi connectivity index (χ4v) is 0.496. The van der Waals surface area contributed by atoms with E-state index in [0.29, 0.717) is 0 Å². The second kappa shape index (κ2) is 1.83. The van der Waals surface area contributed by atoms with Crippen LogP contribution in [0.1, 0.15) is 0 Å². The Balaban J connectivity index is 3.44. The molecule has 0 atom stereocenters. The zero-order chi connectivity index (χ0) is 5.98. The van der Waals surface area contributed by atoms with Gasteiger partial charge in [-0.2, -0.15) is 0 Å². The molecule has 0 bridgehead atoms. The van der Waals surface area contributed by atoms with Crippen LogP contribution >= 0.6 is 0 Å². The van der Waals surface area contributed by atoms with Gasteiger partial charge in [0.15, 0.2) is 0 Å². The van der Waals surface area contributed by atoms with E-state index in [-0.39, 0.29) is 0 Å². The third kappa shape index (κ3) is 0.969. The molecule has 0 nitrogen and oxygen atoms in total. The summed E-state index contributed by atoms with van der Waals surface area (Å²) >= 11 is 0. The number of rotatable bonds is 0. The van der Waals surface area contributed by atoms with Crippen LogP contribution in [0.3, 0.4) is 0 Å². The van der Waals surface area contributed by atoms with E-state index in [4.69, 9.17) is 13.2 Å². The van der Waals surface area contributed by atoms with Gasteiger partial charge in [0.1, 0.15) is 0 Å². The minimum atomic E-state index is 0.749. The van der Waals surface area contributed by atoms with Crippen molar-refractivity contribution in [3.8, 4) is 0 Å². The lowest BCUT2D eigenvalue weighted by Crippen LogP contribution is -2.02. The summed E-state index contributed by atoms with van der Waals surface area (Å²) in [4.78, 5) is 0. The lowest BCUT2D eigenvalue weighted by Gasteiger charge is -1.96. The summed E-state index contributed by atoms with van der Waals surface area (Å²) in [6.07, 6.45) is 0. The lowest BCUT2D eigenvalue weighted by molar-refractivity contribution is 1.57. The first-order valence-electron chi connectivity index (χ1n) is 2.40. The molecule has 0 spiro atoms. The molecule has 40 valence electrons. The molecule has 0 aliphatic rings. The molecule has 0 amide bonds. The highest BCUT2D eigenvalue weighted by molar-refractivity contribution is 5.13. The summed E-state index contributed by atoms with van der Waals surface area (Å²) in [6.45, 7) is 10.7. The third-order valence-electron chi connectivity index (χ3n) is 0.936. The Kier molecular flexibility index (Phi) is 1.17. The Morgan fingerprint density at radius 2 is 1.00 bits per heavy atom. The monoisotopic (exact) mass is 102 g/mol. The van der Waals surface area contributed by atoms with Crippen LogP contribution in [0.5, 0.6) is 0 Å². The molecule has 1 aromatic rings. The van der Waals surface area contributed by atoms with Gasteiger partial charge in [-0.3, -0.25) is 0 Å². The second-order valence-corrected chi connectivity index (χ2v) is 1.67. The average molecular weight is 102 g/mol. The van der Waals surface area contributed by atoms with E-state index < -0.39 is 0 Å². The molecular formula is C8H6-2. The topological polar surface area (TPSA) is 0 Å². The lowest BCUT2D eigenvalue weighted by atomic mass is 10.3. The van der Waals surface area contributed by atoms with Gasteiger partial charge in [0, 0.05) is 0 Å². The molecular weight excluding hydrogens is 96.1 g/mol. The van der Waals surface area contributed by atoms with E-state index in [1.165, 1.54) is 0 Å². The normalized spacial score (nSPS) is 9.00. The first kappa shape index (κ1) is 5.10. The molecule has 0 saturated heterocycles. The van der Waals surface area contributed by atoms with Gasteiger partial charge in [-0.25, -0.2) is 47.9 Å². The molecule has 0 radical (unpaired) electrons. The molecule has 1 rings (SSSR count). The number of hydrogen-bond acceptors (Lipinski definition) is 0. The maximum atomic E-state index is 5.37. The highest BCUT2D eigenvalue weighted by atomic mass is 13.8. The summed E-state index contributed by atoms with van der Waals surface area (Å²) in [5.41, 5.74) is 0. The van der Waals surface area contributed by atoms with Gasteiger partial charge in [0.2, 0.25) is 0 Å². The van der Waals surface area contributed by atoms with Crippen molar-refractivity contribution in [2.75, 3.05) is 0 Å². The second-order valence-electron chi connectivity index (χ2n) is 1.67. The first-order chi connectivity index (χ1) is 3.79. The molecule has 0 fully saturated rings. The van der Waals surface area contributed by atoms with Crippen LogP contribution in [0.15, 0.2) is 24.3 Å². The largest absolute Gasteiger partial charge is 0.224 e. The highest BCUT2D eigenvalue weighted by Gasteiger charge is 1.52. The molecule has 0 N–H and O–H groups in total. The molecule has 0 saturated carbocycles. The van der Waals surface area contributed by atoms with E-state index in [0.717, 1.165) is 10.4 Å². The zero-order valence-electron chi connectivity index (χ0n) is 4.46. The first-order valence-corrected chi connectivity index (χ1v) is 2.40. The van der Waals surface area contributed by atoms with E-state index in [1.807, 2.05) is 0 Å². The van der Waals surface area contributed by atoms with Crippen molar-refractivity contribution in [1.82, 2.24) is 0 Å². The van der Waals surface area contributed by atoms with E-state index in [2.05, 4.69) is 0 Å². The van der Waals surface area contributed by atoms with Crippen LogP contribution in [-0.4, -0.2) is 0 Å². The summed E-state index contributed by atoms with van der Waals surface area (Å²) in [5, 5.41) is 1.50. The summed E-state index contributed by atoms with van der Waals surface area (Å²) in [7, 11) is 0. The Bertz CT molecular complexity index is 207. The molecule has 0 heterocycles. The Labute approximate surface area is 48.8 Å². The smallest absolute Gasteiger partial charge is 0.221 e. The third-order valence-corrected chi connectivity index (χ3v) is 0.936. The van der Waals surface area contributed by atoms with Crippen LogP contribution in [0, 0.1) is 0 Å². The molecule has 1 aromatic carbocycles. The van der Waals surface area contributed by atoms with E-state index in [9.17, 15) is 0 Å². The van der Waals surface area contributed by atoms with Gasteiger partial charge in [-0.05, 0) is 0 Å². The Morgan fingerprint density at radius 3 is 1.25 bits per heavy atom. The predicted octanol–water partition coefficient (Wildman–Crippen LogP) is 0.261. The molecule has 0 heteroatoms. The SMILES string of the molecule is [CH-]=c1ccc(=[CH-])cc1. The number of hydrogen-bond donors (Lipinski definition) is 0. The van der Waals surface area contributed by atoms with Gasteiger partial charge in [-0.15, -0.1) is 0 Å². The quantitative estimate of drug-likeness (QED) is 0.412. The van der Waals surface area contributed by atoms with Crippen molar-refractivity contribution < 1.29 is 0 Å². The van der Waals surface area contributed by atoms with E-state index in [1.54, 1.807) is 24.3 Å². The van der Waals surface area contributed by atoms with Crippen molar-refractivity contribution in [1.29, 1.82) is 0 Å². The van der Waals surface area contributed by atoms with Crippen LogP contribution < -0.4 is 10.4 Å². The van der Waals surface area contributed by atoms with Crippen molar-refractivity contribution in [2.45, 2.75) is 0 Å². The standard InChI is InChI=1S/C8H6/c1-7-3-5-8(2)6-4-7/h1-6H/q-2. The average Bonchev–Trinajstić information content (AvgIpc) is 1.77. The van der Waals surface area contributed by atoms with Crippen molar-refractivity contribution in [3.63, 3.8) is 0 Å². The zero-order valence-corrected chi connectivity index (χ0v) is 4.46. The molecule has 0 aliphatic heterocycles. The van der Waals surface area contributed by atoms with Crippen molar-refractivity contribution in [3.05, 3.63) is 34.7 Å². The van der Waals surface area contributed by atoms with E-state index >= 15 is 0 Å². The van der Waals surface area contributed by atoms with Gasteiger partial charge in [0.25, 0.3) is 0 Å². The minimum Gasteiger partial charge on any atom is -0.224 e. The van der Waals surface area contributed by atoms with Crippen molar-refractivity contribution >= 4 is 13.2 Å². The van der Waals surface area contributed by atoms with Crippen molar-refractivity contribution in [2.24, 2.45) is 0 Å². The van der Waals surface area contributed by atoms with Crippen LogP contribution in [0.4, 0.5) is 0 Å². The Hall–Kier alpha value is -1.04. The number of benzene rings is 1. The van der Waals surface area contributed by atoms with Crippen LogP contribution in [0.25, 0.3) is 13.2 Å². The molecule has 8 heavy (non-hydrogen) atoms.